The average Bonchev–Trinajstić information content (AvgIpc) is 2.39. The summed E-state index contributed by atoms with van der Waals surface area (Å²) in [5.74, 6) is -0.461. The van der Waals surface area contributed by atoms with Crippen LogP contribution in [0.5, 0.6) is 0 Å². The molecule has 0 aliphatic rings. The van der Waals surface area contributed by atoms with Crippen molar-refractivity contribution in [3.05, 3.63) is 35.9 Å². The van der Waals surface area contributed by atoms with E-state index >= 15 is 0 Å². The predicted molar refractivity (Wildman–Crippen MR) is 74.0 cm³/mol. The van der Waals surface area contributed by atoms with Gasteiger partial charge in [0.2, 0.25) is 0 Å². The summed E-state index contributed by atoms with van der Waals surface area (Å²) in [6.07, 6.45) is -1.73. The standard InChI is InChI=1S/C15H22O5/c1-2-20-15(18)9-13(16)8-14(17)11-19-10-12-6-4-3-5-7-12/h3-7,13-14,16-17H,2,8-11H2,1H3. The van der Waals surface area contributed by atoms with Gasteiger partial charge in [0.15, 0.2) is 0 Å². The van der Waals surface area contributed by atoms with Crippen LogP contribution in [0.1, 0.15) is 25.3 Å². The van der Waals surface area contributed by atoms with Gasteiger partial charge < -0.3 is 19.7 Å². The molecule has 0 aromatic heterocycles. The van der Waals surface area contributed by atoms with Gasteiger partial charge in [-0.1, -0.05) is 30.3 Å². The summed E-state index contributed by atoms with van der Waals surface area (Å²) in [6.45, 7) is 2.52. The molecule has 1 rings (SSSR count). The molecule has 0 heterocycles. The Morgan fingerprint density at radius 3 is 2.55 bits per heavy atom. The summed E-state index contributed by atoms with van der Waals surface area (Å²) >= 11 is 0. The summed E-state index contributed by atoms with van der Waals surface area (Å²) in [4.78, 5) is 11.1. The van der Waals surface area contributed by atoms with E-state index in [1.165, 1.54) is 0 Å². The zero-order valence-corrected chi connectivity index (χ0v) is 11.7. The van der Waals surface area contributed by atoms with E-state index in [1.54, 1.807) is 6.92 Å². The van der Waals surface area contributed by atoms with E-state index in [4.69, 9.17) is 9.47 Å². The van der Waals surface area contributed by atoms with Crippen molar-refractivity contribution in [2.45, 2.75) is 38.6 Å². The maximum Gasteiger partial charge on any atom is 0.308 e. The summed E-state index contributed by atoms with van der Waals surface area (Å²) in [5.41, 5.74) is 1.02. The van der Waals surface area contributed by atoms with Crippen molar-refractivity contribution in [3.63, 3.8) is 0 Å². The number of carbonyl (C=O) groups excluding carboxylic acids is 1. The highest BCUT2D eigenvalue weighted by molar-refractivity contribution is 5.69. The molecule has 0 radical (unpaired) electrons. The maximum absolute atomic E-state index is 11.1. The van der Waals surface area contributed by atoms with Crippen molar-refractivity contribution in [2.24, 2.45) is 0 Å². The molecule has 0 bridgehead atoms. The van der Waals surface area contributed by atoms with Crippen molar-refractivity contribution in [2.75, 3.05) is 13.2 Å². The Labute approximate surface area is 119 Å². The third-order valence-corrected chi connectivity index (χ3v) is 2.67. The first-order valence-corrected chi connectivity index (χ1v) is 6.75. The Morgan fingerprint density at radius 2 is 1.90 bits per heavy atom. The first-order chi connectivity index (χ1) is 9.61. The summed E-state index contributed by atoms with van der Waals surface area (Å²) < 4.78 is 10.1. The van der Waals surface area contributed by atoms with Gasteiger partial charge in [-0.3, -0.25) is 4.79 Å². The molecule has 2 N–H and O–H groups in total. The normalized spacial score (nSPS) is 13.8. The van der Waals surface area contributed by atoms with E-state index in [0.717, 1.165) is 5.56 Å². The number of esters is 1. The van der Waals surface area contributed by atoms with Crippen LogP contribution < -0.4 is 0 Å². The molecule has 0 fully saturated rings. The number of hydrogen-bond acceptors (Lipinski definition) is 5. The van der Waals surface area contributed by atoms with Crippen LogP contribution in [-0.4, -0.2) is 41.6 Å². The number of hydrogen-bond donors (Lipinski definition) is 2. The van der Waals surface area contributed by atoms with Gasteiger partial charge in [-0.2, -0.15) is 0 Å². The van der Waals surface area contributed by atoms with Crippen LogP contribution in [0.2, 0.25) is 0 Å². The molecule has 5 heteroatoms. The van der Waals surface area contributed by atoms with Gasteiger partial charge in [-0.15, -0.1) is 0 Å². The number of carbonyl (C=O) groups is 1. The third-order valence-electron chi connectivity index (χ3n) is 2.67. The fraction of sp³-hybridized carbons (Fsp3) is 0.533. The summed E-state index contributed by atoms with van der Waals surface area (Å²) in [6, 6.07) is 9.62. The fourth-order valence-electron chi connectivity index (χ4n) is 1.76. The number of ether oxygens (including phenoxy) is 2. The van der Waals surface area contributed by atoms with E-state index in [9.17, 15) is 15.0 Å². The van der Waals surface area contributed by atoms with Crippen molar-refractivity contribution in [1.82, 2.24) is 0 Å². The van der Waals surface area contributed by atoms with Gasteiger partial charge in [0, 0.05) is 6.42 Å². The van der Waals surface area contributed by atoms with Crippen LogP contribution in [0.25, 0.3) is 0 Å². The van der Waals surface area contributed by atoms with Crippen molar-refractivity contribution in [3.8, 4) is 0 Å². The minimum Gasteiger partial charge on any atom is -0.466 e. The molecule has 0 saturated heterocycles. The Kier molecular flexibility index (Phi) is 7.87. The second kappa shape index (κ2) is 9.47. The van der Waals surface area contributed by atoms with Crippen LogP contribution in [0.15, 0.2) is 30.3 Å². The zero-order valence-electron chi connectivity index (χ0n) is 11.7. The monoisotopic (exact) mass is 282 g/mol. The molecule has 2 atom stereocenters. The number of rotatable bonds is 9. The van der Waals surface area contributed by atoms with E-state index in [-0.39, 0.29) is 26.1 Å². The molecule has 20 heavy (non-hydrogen) atoms. The Balaban J connectivity index is 2.16. The number of aliphatic hydroxyl groups is 2. The van der Waals surface area contributed by atoms with Gasteiger partial charge in [0.05, 0.1) is 38.4 Å². The van der Waals surface area contributed by atoms with Crippen LogP contribution >= 0.6 is 0 Å². The molecular weight excluding hydrogens is 260 g/mol. The fourth-order valence-corrected chi connectivity index (χ4v) is 1.76. The molecular formula is C15H22O5. The molecule has 1 aromatic rings. The van der Waals surface area contributed by atoms with E-state index in [1.807, 2.05) is 30.3 Å². The molecule has 0 aliphatic heterocycles. The van der Waals surface area contributed by atoms with Crippen LogP contribution in [0.3, 0.4) is 0 Å². The molecule has 112 valence electrons. The quantitative estimate of drug-likeness (QED) is 0.667. The van der Waals surface area contributed by atoms with Crippen LogP contribution in [0.4, 0.5) is 0 Å². The number of benzene rings is 1. The molecule has 0 saturated carbocycles. The lowest BCUT2D eigenvalue weighted by atomic mass is 10.1. The third kappa shape index (κ3) is 7.23. The highest BCUT2D eigenvalue weighted by atomic mass is 16.5. The molecule has 2 unspecified atom stereocenters. The minimum atomic E-state index is -0.913. The van der Waals surface area contributed by atoms with Gasteiger partial charge in [0.25, 0.3) is 0 Å². The van der Waals surface area contributed by atoms with Gasteiger partial charge in [0.1, 0.15) is 0 Å². The maximum atomic E-state index is 11.1. The molecule has 1 aromatic carbocycles. The lowest BCUT2D eigenvalue weighted by molar-refractivity contribution is -0.145. The second-order valence-electron chi connectivity index (χ2n) is 4.55. The largest absolute Gasteiger partial charge is 0.466 e. The minimum absolute atomic E-state index is 0.0909. The summed E-state index contributed by atoms with van der Waals surface area (Å²) in [5, 5.41) is 19.3. The Morgan fingerprint density at radius 1 is 1.20 bits per heavy atom. The van der Waals surface area contributed by atoms with Crippen molar-refractivity contribution < 1.29 is 24.5 Å². The molecule has 0 amide bonds. The second-order valence-corrected chi connectivity index (χ2v) is 4.55. The number of aliphatic hydroxyl groups excluding tert-OH is 2. The zero-order chi connectivity index (χ0) is 14.8. The first kappa shape index (κ1) is 16.6. The lowest BCUT2D eigenvalue weighted by Gasteiger charge is -2.15. The van der Waals surface area contributed by atoms with Crippen molar-refractivity contribution in [1.29, 1.82) is 0 Å². The van der Waals surface area contributed by atoms with Gasteiger partial charge in [-0.25, -0.2) is 0 Å². The average molecular weight is 282 g/mol. The Hall–Kier alpha value is -1.43. The summed E-state index contributed by atoms with van der Waals surface area (Å²) in [7, 11) is 0. The molecule has 5 nitrogen and oxygen atoms in total. The van der Waals surface area contributed by atoms with E-state index in [2.05, 4.69) is 0 Å². The smallest absolute Gasteiger partial charge is 0.308 e. The van der Waals surface area contributed by atoms with Gasteiger partial charge in [-0.05, 0) is 12.5 Å². The highest BCUT2D eigenvalue weighted by Crippen LogP contribution is 2.06. The Bertz CT molecular complexity index is 379. The van der Waals surface area contributed by atoms with Crippen LogP contribution in [-0.2, 0) is 20.9 Å². The molecule has 0 spiro atoms. The van der Waals surface area contributed by atoms with E-state index in [0.29, 0.717) is 6.61 Å². The topological polar surface area (TPSA) is 76.0 Å². The predicted octanol–water partition coefficient (Wildman–Crippen LogP) is 1.27. The lowest BCUT2D eigenvalue weighted by Crippen LogP contribution is -2.25. The SMILES string of the molecule is CCOC(=O)CC(O)CC(O)COCc1ccccc1. The van der Waals surface area contributed by atoms with E-state index < -0.39 is 18.2 Å². The first-order valence-electron chi connectivity index (χ1n) is 6.75. The van der Waals surface area contributed by atoms with Crippen LogP contribution in [0, 0.1) is 0 Å². The van der Waals surface area contributed by atoms with Crippen molar-refractivity contribution >= 4 is 5.97 Å². The highest BCUT2D eigenvalue weighted by Gasteiger charge is 2.16. The van der Waals surface area contributed by atoms with Gasteiger partial charge >= 0.3 is 5.97 Å². The molecule has 0 aliphatic carbocycles.